The molecule has 0 bridgehead atoms. The van der Waals surface area contributed by atoms with E-state index in [0.29, 0.717) is 12.1 Å². The van der Waals surface area contributed by atoms with Gasteiger partial charge in [0.15, 0.2) is 0 Å². The molecule has 3 rings (SSSR count). The number of aryl methyl sites for hydroxylation is 3. The first-order valence-electron chi connectivity index (χ1n) is 6.38. The summed E-state index contributed by atoms with van der Waals surface area (Å²) in [5.74, 6) is 0. The summed E-state index contributed by atoms with van der Waals surface area (Å²) >= 11 is 0. The standard InChI is InChI=1S/C14H14N4O2/c1-8-11-5-3-9(6-12(11)18-17-8)2-4-10-7-15-13(19)14(20)16-10/h3,5-7H,2,4H2,1H3,(H,15,19)(H,16,20)(H,17,18). The number of aromatic amines is 3. The Morgan fingerprint density at radius 3 is 2.80 bits per heavy atom. The zero-order valence-electron chi connectivity index (χ0n) is 11.0. The molecule has 3 N–H and O–H groups in total. The van der Waals surface area contributed by atoms with Gasteiger partial charge in [-0.3, -0.25) is 14.7 Å². The summed E-state index contributed by atoms with van der Waals surface area (Å²) in [4.78, 5) is 27.2. The molecule has 0 spiro atoms. The Labute approximate surface area is 113 Å². The van der Waals surface area contributed by atoms with Crippen LogP contribution in [0.25, 0.3) is 10.9 Å². The van der Waals surface area contributed by atoms with Crippen molar-refractivity contribution in [2.75, 3.05) is 0 Å². The fourth-order valence-electron chi connectivity index (χ4n) is 2.22. The highest BCUT2D eigenvalue weighted by Crippen LogP contribution is 2.17. The minimum absolute atomic E-state index is 0.610. The molecule has 6 heteroatoms. The van der Waals surface area contributed by atoms with Gasteiger partial charge in [-0.25, -0.2) is 0 Å². The molecule has 0 saturated heterocycles. The molecule has 0 aliphatic rings. The number of hydrogen-bond acceptors (Lipinski definition) is 3. The lowest BCUT2D eigenvalue weighted by molar-refractivity contribution is 0.877. The predicted molar refractivity (Wildman–Crippen MR) is 75.9 cm³/mol. The summed E-state index contributed by atoms with van der Waals surface area (Å²) in [6.45, 7) is 1.99. The second-order valence-corrected chi connectivity index (χ2v) is 4.80. The van der Waals surface area contributed by atoms with Crippen LogP contribution < -0.4 is 11.1 Å². The topological polar surface area (TPSA) is 94.4 Å². The van der Waals surface area contributed by atoms with Gasteiger partial charge in [0, 0.05) is 23.0 Å². The normalized spacial score (nSPS) is 11.1. The highest BCUT2D eigenvalue weighted by Gasteiger charge is 2.03. The number of benzene rings is 1. The molecule has 0 atom stereocenters. The number of H-pyrrole nitrogens is 3. The van der Waals surface area contributed by atoms with Crippen molar-refractivity contribution in [3.63, 3.8) is 0 Å². The molecule has 2 aromatic heterocycles. The van der Waals surface area contributed by atoms with Crippen molar-refractivity contribution in [1.29, 1.82) is 0 Å². The summed E-state index contributed by atoms with van der Waals surface area (Å²) in [6.07, 6.45) is 2.96. The van der Waals surface area contributed by atoms with Crippen molar-refractivity contribution >= 4 is 10.9 Å². The van der Waals surface area contributed by atoms with Crippen LogP contribution in [-0.4, -0.2) is 20.2 Å². The number of rotatable bonds is 3. The summed E-state index contributed by atoms with van der Waals surface area (Å²) in [7, 11) is 0. The van der Waals surface area contributed by atoms with E-state index in [4.69, 9.17) is 0 Å². The molecule has 0 aliphatic heterocycles. The van der Waals surface area contributed by atoms with Crippen molar-refractivity contribution in [2.45, 2.75) is 19.8 Å². The molecular formula is C14H14N4O2. The molecule has 0 amide bonds. The maximum atomic E-state index is 11.2. The van der Waals surface area contributed by atoms with Gasteiger partial charge in [0.05, 0.1) is 5.52 Å². The number of hydrogen-bond donors (Lipinski definition) is 3. The van der Waals surface area contributed by atoms with E-state index in [9.17, 15) is 9.59 Å². The van der Waals surface area contributed by atoms with E-state index in [-0.39, 0.29) is 0 Å². The van der Waals surface area contributed by atoms with Crippen molar-refractivity contribution in [3.8, 4) is 0 Å². The van der Waals surface area contributed by atoms with Crippen LogP contribution in [0.5, 0.6) is 0 Å². The van der Waals surface area contributed by atoms with Gasteiger partial charge in [0.25, 0.3) is 0 Å². The molecule has 6 nitrogen and oxygen atoms in total. The highest BCUT2D eigenvalue weighted by atomic mass is 16.2. The third-order valence-electron chi connectivity index (χ3n) is 3.35. The summed E-state index contributed by atoms with van der Waals surface area (Å²) in [5, 5.41) is 8.30. The van der Waals surface area contributed by atoms with E-state index in [0.717, 1.165) is 28.6 Å². The smallest absolute Gasteiger partial charge is 0.313 e. The van der Waals surface area contributed by atoms with Gasteiger partial charge in [-0.15, -0.1) is 0 Å². The number of fused-ring (bicyclic) bond motifs is 1. The van der Waals surface area contributed by atoms with Crippen LogP contribution in [0.2, 0.25) is 0 Å². The lowest BCUT2D eigenvalue weighted by Crippen LogP contribution is -2.29. The molecule has 20 heavy (non-hydrogen) atoms. The lowest BCUT2D eigenvalue weighted by Gasteiger charge is -2.02. The molecule has 102 valence electrons. The summed E-state index contributed by atoms with van der Waals surface area (Å²) < 4.78 is 0. The minimum atomic E-state index is -0.623. The van der Waals surface area contributed by atoms with Crippen LogP contribution in [0.1, 0.15) is 17.0 Å². The second-order valence-electron chi connectivity index (χ2n) is 4.80. The molecule has 0 saturated carbocycles. The van der Waals surface area contributed by atoms with Crippen LogP contribution in [0.15, 0.2) is 34.0 Å². The lowest BCUT2D eigenvalue weighted by atomic mass is 10.1. The van der Waals surface area contributed by atoms with Gasteiger partial charge >= 0.3 is 11.1 Å². The van der Waals surface area contributed by atoms with E-state index >= 15 is 0 Å². The number of nitrogens with zero attached hydrogens (tertiary/aromatic N) is 1. The van der Waals surface area contributed by atoms with Crippen molar-refractivity contribution in [3.05, 3.63) is 62.1 Å². The van der Waals surface area contributed by atoms with E-state index < -0.39 is 11.1 Å². The summed E-state index contributed by atoms with van der Waals surface area (Å²) in [5.41, 5.74) is 2.61. The second kappa shape index (κ2) is 4.80. The van der Waals surface area contributed by atoms with Gasteiger partial charge in [0.1, 0.15) is 0 Å². The van der Waals surface area contributed by atoms with Crippen molar-refractivity contribution < 1.29 is 0 Å². The molecule has 0 fully saturated rings. The maximum Gasteiger partial charge on any atom is 0.313 e. The zero-order chi connectivity index (χ0) is 14.1. The minimum Gasteiger partial charge on any atom is -0.323 e. The molecule has 0 unspecified atom stereocenters. The summed E-state index contributed by atoms with van der Waals surface area (Å²) in [6, 6.07) is 6.12. The van der Waals surface area contributed by atoms with Gasteiger partial charge in [-0.05, 0) is 31.4 Å². The van der Waals surface area contributed by atoms with Crippen LogP contribution in [0, 0.1) is 6.92 Å². The van der Waals surface area contributed by atoms with Crippen molar-refractivity contribution in [1.82, 2.24) is 20.2 Å². The Morgan fingerprint density at radius 1 is 1.15 bits per heavy atom. The predicted octanol–water partition coefficient (Wildman–Crippen LogP) is 1.03. The Hall–Kier alpha value is -2.63. The average Bonchev–Trinajstić information content (AvgIpc) is 2.81. The van der Waals surface area contributed by atoms with Crippen molar-refractivity contribution in [2.24, 2.45) is 0 Å². The first kappa shape index (κ1) is 12.4. The quantitative estimate of drug-likeness (QED) is 0.620. The van der Waals surface area contributed by atoms with Crippen LogP contribution >= 0.6 is 0 Å². The third kappa shape index (κ3) is 2.27. The van der Waals surface area contributed by atoms with Crippen LogP contribution in [-0.2, 0) is 12.8 Å². The van der Waals surface area contributed by atoms with Crippen LogP contribution in [0.4, 0.5) is 0 Å². The van der Waals surface area contributed by atoms with E-state index in [1.807, 2.05) is 19.1 Å². The Kier molecular flexibility index (Phi) is 2.98. The van der Waals surface area contributed by atoms with Gasteiger partial charge in [-0.1, -0.05) is 12.1 Å². The first-order valence-corrected chi connectivity index (χ1v) is 6.38. The molecular weight excluding hydrogens is 256 g/mol. The average molecular weight is 270 g/mol. The Bertz CT molecular complexity index is 873. The Balaban J connectivity index is 1.80. The molecule has 3 aromatic rings. The molecule has 0 aliphatic carbocycles. The monoisotopic (exact) mass is 270 g/mol. The van der Waals surface area contributed by atoms with Gasteiger partial charge in [0.2, 0.25) is 0 Å². The maximum absolute atomic E-state index is 11.2. The Morgan fingerprint density at radius 2 is 2.00 bits per heavy atom. The highest BCUT2D eigenvalue weighted by molar-refractivity contribution is 5.81. The fraction of sp³-hybridized carbons (Fsp3) is 0.214. The molecule has 1 aromatic carbocycles. The third-order valence-corrected chi connectivity index (χ3v) is 3.35. The molecule has 2 heterocycles. The zero-order valence-corrected chi connectivity index (χ0v) is 11.0. The van der Waals surface area contributed by atoms with E-state index in [1.165, 1.54) is 0 Å². The largest absolute Gasteiger partial charge is 0.323 e. The first-order chi connectivity index (χ1) is 9.63. The van der Waals surface area contributed by atoms with E-state index in [2.05, 4.69) is 26.2 Å². The van der Waals surface area contributed by atoms with E-state index in [1.54, 1.807) is 6.20 Å². The SMILES string of the molecule is Cc1[nH]nc2cc(CCc3c[nH]c(=O)c(=O)[nH]3)ccc12. The molecule has 0 radical (unpaired) electrons. The number of aromatic nitrogens is 4. The van der Waals surface area contributed by atoms with Gasteiger partial charge < -0.3 is 9.97 Å². The van der Waals surface area contributed by atoms with Gasteiger partial charge in [-0.2, -0.15) is 5.10 Å². The fourth-order valence-corrected chi connectivity index (χ4v) is 2.22. The number of nitrogens with one attached hydrogen (secondary N) is 3. The van der Waals surface area contributed by atoms with Crippen LogP contribution in [0.3, 0.4) is 0 Å².